The van der Waals surface area contributed by atoms with E-state index in [0.29, 0.717) is 11.4 Å². The molecule has 3 aromatic carbocycles. The molecule has 5 heteroatoms. The first-order chi connectivity index (χ1) is 12.8. The van der Waals surface area contributed by atoms with Crippen molar-refractivity contribution < 1.29 is 8.42 Å². The maximum Gasteiger partial charge on any atom is 0.261 e. The van der Waals surface area contributed by atoms with Crippen molar-refractivity contribution in [3.8, 4) is 0 Å². The van der Waals surface area contributed by atoms with E-state index in [-0.39, 0.29) is 4.90 Å². The van der Waals surface area contributed by atoms with Crippen LogP contribution >= 0.6 is 0 Å². The van der Waals surface area contributed by atoms with Gasteiger partial charge in [0.15, 0.2) is 0 Å². The van der Waals surface area contributed by atoms with Crippen LogP contribution in [-0.4, -0.2) is 14.6 Å². The van der Waals surface area contributed by atoms with Crippen molar-refractivity contribution in [3.05, 3.63) is 89.0 Å². The molecular formula is C22H22N2O2S. The fraction of sp³-hybridized carbons (Fsp3) is 0.136. The molecule has 138 valence electrons. The summed E-state index contributed by atoms with van der Waals surface area (Å²) in [5.74, 6) is 0. The normalized spacial score (nSPS) is 11.7. The third-order valence-corrected chi connectivity index (χ3v) is 5.46. The Morgan fingerprint density at radius 2 is 1.37 bits per heavy atom. The number of aliphatic imine (C=N–C) groups is 1. The average Bonchev–Trinajstić information content (AvgIpc) is 2.60. The number of nitrogens with one attached hydrogen (secondary N) is 1. The van der Waals surface area contributed by atoms with Crippen LogP contribution in [0.25, 0.3) is 0 Å². The minimum Gasteiger partial charge on any atom is -0.280 e. The molecule has 0 radical (unpaired) electrons. The smallest absolute Gasteiger partial charge is 0.261 e. The van der Waals surface area contributed by atoms with Crippen LogP contribution in [0.1, 0.15) is 22.3 Å². The molecule has 0 saturated heterocycles. The summed E-state index contributed by atoms with van der Waals surface area (Å²) < 4.78 is 27.8. The summed E-state index contributed by atoms with van der Waals surface area (Å²) >= 11 is 0. The number of nitrogens with zero attached hydrogens (tertiary/aromatic N) is 1. The summed E-state index contributed by atoms with van der Waals surface area (Å²) in [6.07, 6.45) is 1.76. The highest BCUT2D eigenvalue weighted by Gasteiger charge is 2.14. The summed E-state index contributed by atoms with van der Waals surface area (Å²) in [7, 11) is -3.64. The first kappa shape index (κ1) is 18.9. The number of hydrogen-bond acceptors (Lipinski definition) is 3. The molecule has 0 unspecified atom stereocenters. The summed E-state index contributed by atoms with van der Waals surface area (Å²) in [5, 5.41) is 0. The van der Waals surface area contributed by atoms with Crippen molar-refractivity contribution in [1.29, 1.82) is 0 Å². The number of aryl methyl sites for hydroxylation is 3. The van der Waals surface area contributed by atoms with Gasteiger partial charge in [-0.1, -0.05) is 35.9 Å². The number of hydrogen-bond donors (Lipinski definition) is 1. The van der Waals surface area contributed by atoms with Gasteiger partial charge in [0.2, 0.25) is 0 Å². The van der Waals surface area contributed by atoms with Crippen LogP contribution in [0.2, 0.25) is 0 Å². The van der Waals surface area contributed by atoms with Crippen LogP contribution in [0.5, 0.6) is 0 Å². The summed E-state index contributed by atoms with van der Waals surface area (Å²) in [4.78, 5) is 4.60. The molecule has 3 aromatic rings. The Bertz CT molecular complexity index is 1050. The molecule has 0 bridgehead atoms. The first-order valence-corrected chi connectivity index (χ1v) is 10.1. The number of sulfonamides is 1. The van der Waals surface area contributed by atoms with Crippen molar-refractivity contribution in [3.63, 3.8) is 0 Å². The SMILES string of the molecule is Cc1ccc(C=Nc2ccc(S(=O)(=O)Nc3cc(C)cc(C)c3)cc2)cc1. The lowest BCUT2D eigenvalue weighted by atomic mass is 10.1. The van der Waals surface area contributed by atoms with Crippen LogP contribution in [0, 0.1) is 20.8 Å². The van der Waals surface area contributed by atoms with Gasteiger partial charge in [-0.05, 0) is 73.9 Å². The Labute approximate surface area is 160 Å². The van der Waals surface area contributed by atoms with Crippen LogP contribution < -0.4 is 4.72 Å². The van der Waals surface area contributed by atoms with Gasteiger partial charge >= 0.3 is 0 Å². The Morgan fingerprint density at radius 1 is 0.778 bits per heavy atom. The maximum atomic E-state index is 12.6. The standard InChI is InChI=1S/C22H22N2O2S/c1-16-4-6-19(7-5-16)15-23-20-8-10-22(11-9-20)27(25,26)24-21-13-17(2)12-18(3)14-21/h4-15,24H,1-3H3. The van der Waals surface area contributed by atoms with Gasteiger partial charge in [-0.3, -0.25) is 9.71 Å². The van der Waals surface area contributed by atoms with Gasteiger partial charge in [-0.2, -0.15) is 0 Å². The van der Waals surface area contributed by atoms with E-state index in [1.165, 1.54) is 5.56 Å². The molecular weight excluding hydrogens is 356 g/mol. The average molecular weight is 378 g/mol. The number of benzene rings is 3. The third kappa shape index (κ3) is 5.05. The maximum absolute atomic E-state index is 12.6. The van der Waals surface area contributed by atoms with Crippen LogP contribution in [0.15, 0.2) is 76.6 Å². The third-order valence-electron chi connectivity index (χ3n) is 4.06. The van der Waals surface area contributed by atoms with Gasteiger partial charge in [0.05, 0.1) is 10.6 Å². The predicted octanol–water partition coefficient (Wildman–Crippen LogP) is 5.16. The van der Waals surface area contributed by atoms with Gasteiger partial charge < -0.3 is 0 Å². The summed E-state index contributed by atoms with van der Waals surface area (Å²) in [5.41, 5.74) is 5.46. The lowest BCUT2D eigenvalue weighted by Crippen LogP contribution is -2.13. The molecule has 0 heterocycles. The van der Waals surface area contributed by atoms with E-state index in [2.05, 4.69) is 9.71 Å². The fourth-order valence-corrected chi connectivity index (χ4v) is 3.80. The topological polar surface area (TPSA) is 58.5 Å². The monoisotopic (exact) mass is 378 g/mol. The fourth-order valence-electron chi connectivity index (χ4n) is 2.76. The largest absolute Gasteiger partial charge is 0.280 e. The first-order valence-electron chi connectivity index (χ1n) is 8.64. The Balaban J connectivity index is 1.76. The molecule has 27 heavy (non-hydrogen) atoms. The molecule has 1 N–H and O–H groups in total. The van der Waals surface area contributed by atoms with Gasteiger partial charge in [-0.15, -0.1) is 0 Å². The number of anilines is 1. The molecule has 0 aliphatic carbocycles. The van der Waals surface area contributed by atoms with E-state index in [4.69, 9.17) is 0 Å². The van der Waals surface area contributed by atoms with Crippen LogP contribution in [0.4, 0.5) is 11.4 Å². The van der Waals surface area contributed by atoms with Gasteiger partial charge in [0.25, 0.3) is 10.0 Å². The zero-order valence-electron chi connectivity index (χ0n) is 15.6. The minimum atomic E-state index is -3.64. The van der Waals surface area contributed by atoms with Crippen molar-refractivity contribution in [2.24, 2.45) is 4.99 Å². The second kappa shape index (κ2) is 7.76. The summed E-state index contributed by atoms with van der Waals surface area (Å²) in [6.45, 7) is 5.91. The lowest BCUT2D eigenvalue weighted by molar-refractivity contribution is 0.601. The van der Waals surface area contributed by atoms with E-state index >= 15 is 0 Å². The molecule has 0 fully saturated rings. The van der Waals surface area contributed by atoms with Gasteiger partial charge in [-0.25, -0.2) is 8.42 Å². The van der Waals surface area contributed by atoms with E-state index in [9.17, 15) is 8.42 Å². The zero-order valence-corrected chi connectivity index (χ0v) is 16.4. The van der Waals surface area contributed by atoms with E-state index in [1.807, 2.05) is 63.2 Å². The van der Waals surface area contributed by atoms with Crippen molar-refractivity contribution in [2.45, 2.75) is 25.7 Å². The van der Waals surface area contributed by atoms with E-state index < -0.39 is 10.0 Å². The molecule has 0 atom stereocenters. The highest BCUT2D eigenvalue weighted by atomic mass is 32.2. The molecule has 0 spiro atoms. The molecule has 4 nitrogen and oxygen atoms in total. The highest BCUT2D eigenvalue weighted by Crippen LogP contribution is 2.21. The van der Waals surface area contributed by atoms with Crippen LogP contribution in [-0.2, 0) is 10.0 Å². The molecule has 0 aliphatic rings. The molecule has 0 saturated carbocycles. The van der Waals surface area contributed by atoms with Gasteiger partial charge in [0.1, 0.15) is 0 Å². The molecule has 0 aromatic heterocycles. The zero-order chi connectivity index (χ0) is 19.4. The Hall–Kier alpha value is -2.92. The predicted molar refractivity (Wildman–Crippen MR) is 112 cm³/mol. The second-order valence-corrected chi connectivity index (χ2v) is 8.33. The highest BCUT2D eigenvalue weighted by molar-refractivity contribution is 7.92. The number of rotatable bonds is 5. The van der Waals surface area contributed by atoms with Gasteiger partial charge in [0, 0.05) is 11.9 Å². The van der Waals surface area contributed by atoms with E-state index in [0.717, 1.165) is 16.7 Å². The van der Waals surface area contributed by atoms with E-state index in [1.54, 1.807) is 30.5 Å². The lowest BCUT2D eigenvalue weighted by Gasteiger charge is -2.10. The Kier molecular flexibility index (Phi) is 5.42. The second-order valence-electron chi connectivity index (χ2n) is 6.64. The van der Waals surface area contributed by atoms with Crippen molar-refractivity contribution in [1.82, 2.24) is 0 Å². The minimum absolute atomic E-state index is 0.205. The van der Waals surface area contributed by atoms with Crippen molar-refractivity contribution >= 4 is 27.6 Å². The molecule has 3 rings (SSSR count). The molecule has 0 amide bonds. The van der Waals surface area contributed by atoms with Crippen LogP contribution in [0.3, 0.4) is 0 Å². The Morgan fingerprint density at radius 3 is 1.96 bits per heavy atom. The summed E-state index contributed by atoms with van der Waals surface area (Å²) in [6, 6.07) is 20.2. The molecule has 0 aliphatic heterocycles. The quantitative estimate of drug-likeness (QED) is 0.623. The van der Waals surface area contributed by atoms with Crippen molar-refractivity contribution in [2.75, 3.05) is 4.72 Å².